The van der Waals surface area contributed by atoms with E-state index in [-0.39, 0.29) is 5.91 Å². The van der Waals surface area contributed by atoms with Gasteiger partial charge in [-0.25, -0.2) is 0 Å². The number of aromatic nitrogens is 2. The van der Waals surface area contributed by atoms with Crippen molar-refractivity contribution in [3.8, 4) is 5.88 Å². The van der Waals surface area contributed by atoms with Crippen molar-refractivity contribution in [3.05, 3.63) is 40.0 Å². The van der Waals surface area contributed by atoms with Gasteiger partial charge in [0.05, 0.1) is 13.3 Å². The number of nitrogens with one attached hydrogen (secondary N) is 1. The number of hydrogen-bond donors (Lipinski definition) is 1. The summed E-state index contributed by atoms with van der Waals surface area (Å²) in [4.78, 5) is 12.4. The van der Waals surface area contributed by atoms with Gasteiger partial charge in [0.15, 0.2) is 0 Å². The van der Waals surface area contributed by atoms with E-state index in [1.165, 1.54) is 7.11 Å². The molecule has 1 N–H and O–H groups in total. The van der Waals surface area contributed by atoms with Crippen molar-refractivity contribution in [2.24, 2.45) is 7.05 Å². The summed E-state index contributed by atoms with van der Waals surface area (Å²) < 4.78 is 7.59. The molecular formula is C14H16BrN3O2. The van der Waals surface area contributed by atoms with Crippen molar-refractivity contribution in [1.29, 1.82) is 0 Å². The first kappa shape index (κ1) is 14.6. The Hall–Kier alpha value is -1.82. The number of nitrogens with zero attached hydrogens (tertiary/aromatic N) is 2. The molecular weight excluding hydrogens is 322 g/mol. The zero-order chi connectivity index (χ0) is 14.7. The van der Waals surface area contributed by atoms with Crippen molar-refractivity contribution in [2.75, 3.05) is 12.4 Å². The maximum Gasteiger partial charge on any atom is 0.256 e. The van der Waals surface area contributed by atoms with E-state index >= 15 is 0 Å². The van der Waals surface area contributed by atoms with Gasteiger partial charge in [-0.3, -0.25) is 9.48 Å². The van der Waals surface area contributed by atoms with Crippen molar-refractivity contribution in [1.82, 2.24) is 9.78 Å². The number of carbonyl (C=O) groups is 1. The Labute approximate surface area is 126 Å². The number of methoxy groups -OCH3 is 1. The molecule has 0 fully saturated rings. The van der Waals surface area contributed by atoms with Crippen LogP contribution in [0.5, 0.6) is 5.88 Å². The summed E-state index contributed by atoms with van der Waals surface area (Å²) in [5, 5.41) is 6.94. The molecule has 2 aromatic rings. The molecule has 1 amide bonds. The van der Waals surface area contributed by atoms with Gasteiger partial charge in [-0.15, -0.1) is 5.10 Å². The Morgan fingerprint density at radius 1 is 1.50 bits per heavy atom. The minimum absolute atomic E-state index is 0.172. The lowest BCUT2D eigenvalue weighted by atomic mass is 10.0. The number of rotatable bonds is 4. The van der Waals surface area contributed by atoms with Crippen LogP contribution in [-0.2, 0) is 13.5 Å². The molecule has 1 aromatic carbocycles. The van der Waals surface area contributed by atoms with E-state index in [9.17, 15) is 4.79 Å². The number of halogens is 1. The maximum absolute atomic E-state index is 12.4. The third-order valence-electron chi connectivity index (χ3n) is 2.93. The summed E-state index contributed by atoms with van der Waals surface area (Å²) in [6.07, 6.45) is 2.50. The molecule has 0 spiro atoms. The summed E-state index contributed by atoms with van der Waals surface area (Å²) in [5.41, 5.74) is 2.20. The van der Waals surface area contributed by atoms with Gasteiger partial charge in [0.2, 0.25) is 0 Å². The first-order valence-electron chi connectivity index (χ1n) is 6.22. The molecule has 20 heavy (non-hydrogen) atoms. The second-order valence-electron chi connectivity index (χ2n) is 4.33. The Bertz CT molecular complexity index is 637. The third-order valence-corrected chi connectivity index (χ3v) is 3.43. The van der Waals surface area contributed by atoms with Gasteiger partial charge >= 0.3 is 0 Å². The SMILES string of the molecule is CCc1ccc(Br)cc1C(=O)Nc1cn(C)nc1OC. The van der Waals surface area contributed by atoms with Crippen molar-refractivity contribution in [3.63, 3.8) is 0 Å². The van der Waals surface area contributed by atoms with Gasteiger partial charge in [0.25, 0.3) is 11.8 Å². The molecule has 0 saturated heterocycles. The van der Waals surface area contributed by atoms with Gasteiger partial charge in [-0.2, -0.15) is 0 Å². The highest BCUT2D eigenvalue weighted by molar-refractivity contribution is 9.10. The number of anilines is 1. The molecule has 0 unspecified atom stereocenters. The first-order valence-corrected chi connectivity index (χ1v) is 7.01. The normalized spacial score (nSPS) is 10.4. The summed E-state index contributed by atoms with van der Waals surface area (Å²) in [6, 6.07) is 5.69. The Balaban J connectivity index is 2.30. The molecule has 0 aliphatic rings. The van der Waals surface area contributed by atoms with Crippen LogP contribution in [0.2, 0.25) is 0 Å². The molecule has 0 aliphatic heterocycles. The molecule has 0 atom stereocenters. The second-order valence-corrected chi connectivity index (χ2v) is 5.25. The third kappa shape index (κ3) is 3.01. The number of amides is 1. The van der Waals surface area contributed by atoms with E-state index in [1.54, 1.807) is 17.9 Å². The number of ether oxygens (including phenoxy) is 1. The largest absolute Gasteiger partial charge is 0.478 e. The van der Waals surface area contributed by atoms with E-state index in [0.717, 1.165) is 16.5 Å². The topological polar surface area (TPSA) is 56.2 Å². The van der Waals surface area contributed by atoms with Crippen LogP contribution in [0.1, 0.15) is 22.8 Å². The van der Waals surface area contributed by atoms with Gasteiger partial charge < -0.3 is 10.1 Å². The molecule has 1 aromatic heterocycles. The molecule has 6 heteroatoms. The van der Waals surface area contributed by atoms with Crippen molar-refractivity contribution in [2.45, 2.75) is 13.3 Å². The minimum atomic E-state index is -0.172. The highest BCUT2D eigenvalue weighted by Gasteiger charge is 2.15. The minimum Gasteiger partial charge on any atom is -0.478 e. The predicted octanol–water partition coefficient (Wildman–Crippen LogP) is 3.01. The number of hydrogen-bond acceptors (Lipinski definition) is 3. The number of aryl methyl sites for hydroxylation is 2. The lowest BCUT2D eigenvalue weighted by Gasteiger charge is -2.09. The number of benzene rings is 1. The molecule has 1 heterocycles. The second kappa shape index (κ2) is 6.09. The zero-order valence-electron chi connectivity index (χ0n) is 11.6. The van der Waals surface area contributed by atoms with Crippen LogP contribution in [0.15, 0.2) is 28.9 Å². The molecule has 0 radical (unpaired) electrons. The highest BCUT2D eigenvalue weighted by atomic mass is 79.9. The summed E-state index contributed by atoms with van der Waals surface area (Å²) in [6.45, 7) is 2.02. The monoisotopic (exact) mass is 337 g/mol. The van der Waals surface area contributed by atoms with Crippen LogP contribution in [0, 0.1) is 0 Å². The van der Waals surface area contributed by atoms with Crippen LogP contribution >= 0.6 is 15.9 Å². The van der Waals surface area contributed by atoms with E-state index in [1.807, 2.05) is 25.1 Å². The molecule has 0 aliphatic carbocycles. The zero-order valence-corrected chi connectivity index (χ0v) is 13.2. The maximum atomic E-state index is 12.4. The van der Waals surface area contributed by atoms with Crippen LogP contribution in [0.25, 0.3) is 0 Å². The number of carbonyl (C=O) groups excluding carboxylic acids is 1. The Kier molecular flexibility index (Phi) is 4.44. The van der Waals surface area contributed by atoms with Gasteiger partial charge in [0, 0.05) is 17.1 Å². The average Bonchev–Trinajstić information content (AvgIpc) is 2.78. The van der Waals surface area contributed by atoms with Crippen LogP contribution < -0.4 is 10.1 Å². The van der Waals surface area contributed by atoms with Gasteiger partial charge in [0.1, 0.15) is 5.69 Å². The molecule has 106 valence electrons. The van der Waals surface area contributed by atoms with Gasteiger partial charge in [-0.1, -0.05) is 28.9 Å². The average molecular weight is 338 g/mol. The lowest BCUT2D eigenvalue weighted by Crippen LogP contribution is -2.14. The summed E-state index contributed by atoms with van der Waals surface area (Å²) in [5.74, 6) is 0.225. The van der Waals surface area contributed by atoms with E-state index in [0.29, 0.717) is 17.1 Å². The molecule has 0 bridgehead atoms. The summed E-state index contributed by atoms with van der Waals surface area (Å²) >= 11 is 3.39. The van der Waals surface area contributed by atoms with Crippen molar-refractivity contribution < 1.29 is 9.53 Å². The van der Waals surface area contributed by atoms with E-state index < -0.39 is 0 Å². The lowest BCUT2D eigenvalue weighted by molar-refractivity contribution is 0.102. The predicted molar refractivity (Wildman–Crippen MR) is 81.2 cm³/mol. The van der Waals surface area contributed by atoms with Crippen LogP contribution in [0.3, 0.4) is 0 Å². The van der Waals surface area contributed by atoms with E-state index in [2.05, 4.69) is 26.3 Å². The molecule has 5 nitrogen and oxygen atoms in total. The first-order chi connectivity index (χ1) is 9.55. The molecule has 0 saturated carbocycles. The Morgan fingerprint density at radius 3 is 2.90 bits per heavy atom. The van der Waals surface area contributed by atoms with Crippen LogP contribution in [-0.4, -0.2) is 22.8 Å². The fourth-order valence-electron chi connectivity index (χ4n) is 1.96. The highest BCUT2D eigenvalue weighted by Crippen LogP contribution is 2.23. The molecule has 2 rings (SSSR count). The van der Waals surface area contributed by atoms with E-state index in [4.69, 9.17) is 4.74 Å². The fraction of sp³-hybridized carbons (Fsp3) is 0.286. The fourth-order valence-corrected chi connectivity index (χ4v) is 2.32. The van der Waals surface area contributed by atoms with Crippen LogP contribution in [0.4, 0.5) is 5.69 Å². The quantitative estimate of drug-likeness (QED) is 0.932. The summed E-state index contributed by atoms with van der Waals surface area (Å²) in [7, 11) is 3.29. The van der Waals surface area contributed by atoms with Crippen molar-refractivity contribution >= 4 is 27.5 Å². The standard InChI is InChI=1S/C14H16BrN3O2/c1-4-9-5-6-10(15)7-11(9)13(19)16-12-8-18(2)17-14(12)20-3/h5-8H,4H2,1-3H3,(H,16,19). The van der Waals surface area contributed by atoms with Gasteiger partial charge in [-0.05, 0) is 24.1 Å². The Morgan fingerprint density at radius 2 is 2.25 bits per heavy atom. The smallest absolute Gasteiger partial charge is 0.256 e.